The number of rotatable bonds is 4. The molecule has 0 heterocycles. The van der Waals surface area contributed by atoms with Gasteiger partial charge < -0.3 is 10.1 Å². The Labute approximate surface area is 90.4 Å². The highest BCUT2D eigenvalue weighted by atomic mass is 16.5. The minimum Gasteiger partial charge on any atom is -0.497 e. The lowest BCUT2D eigenvalue weighted by molar-refractivity contribution is 0.0955. The van der Waals surface area contributed by atoms with Crippen molar-refractivity contribution in [3.8, 4) is 5.75 Å². The molecule has 0 unspecified atom stereocenters. The summed E-state index contributed by atoms with van der Waals surface area (Å²) in [6.07, 6.45) is 0.823. The monoisotopic (exact) mass is 207 g/mol. The Hall–Kier alpha value is -1.51. The van der Waals surface area contributed by atoms with Gasteiger partial charge in [-0.25, -0.2) is 0 Å². The number of ether oxygens (including phenoxy) is 1. The van der Waals surface area contributed by atoms with E-state index in [1.54, 1.807) is 7.11 Å². The molecule has 3 nitrogen and oxygen atoms in total. The Morgan fingerprint density at radius 3 is 2.67 bits per heavy atom. The predicted molar refractivity (Wildman–Crippen MR) is 60.4 cm³/mol. The highest BCUT2D eigenvalue weighted by Gasteiger charge is 2.09. The highest BCUT2D eigenvalue weighted by Crippen LogP contribution is 2.18. The van der Waals surface area contributed by atoms with E-state index >= 15 is 0 Å². The van der Waals surface area contributed by atoms with Crippen molar-refractivity contribution in [2.24, 2.45) is 0 Å². The Morgan fingerprint density at radius 2 is 2.13 bits per heavy atom. The van der Waals surface area contributed by atoms with Gasteiger partial charge in [0.2, 0.25) is 0 Å². The smallest absolute Gasteiger partial charge is 0.251 e. The van der Waals surface area contributed by atoms with Gasteiger partial charge in [-0.3, -0.25) is 4.79 Å². The minimum atomic E-state index is -0.0167. The maximum absolute atomic E-state index is 11.7. The molecule has 0 aliphatic carbocycles. The van der Waals surface area contributed by atoms with Crippen molar-refractivity contribution in [1.29, 1.82) is 0 Å². The molecular weight excluding hydrogens is 190 g/mol. The lowest BCUT2D eigenvalue weighted by Crippen LogP contribution is -2.23. The van der Waals surface area contributed by atoms with Crippen molar-refractivity contribution in [3.63, 3.8) is 0 Å². The number of amides is 1. The Balaban J connectivity index is 3.02. The first-order chi connectivity index (χ1) is 7.22. The molecule has 0 aromatic heterocycles. The maximum Gasteiger partial charge on any atom is 0.251 e. The Bertz CT molecular complexity index is 347. The van der Waals surface area contributed by atoms with Gasteiger partial charge in [0.1, 0.15) is 5.75 Å². The summed E-state index contributed by atoms with van der Waals surface area (Å²) in [6.45, 7) is 4.58. The van der Waals surface area contributed by atoms with Crippen LogP contribution >= 0.6 is 0 Å². The summed E-state index contributed by atoms with van der Waals surface area (Å²) >= 11 is 0. The average molecular weight is 207 g/mol. The minimum absolute atomic E-state index is 0.0167. The molecule has 3 heteroatoms. The number of hydrogen-bond acceptors (Lipinski definition) is 2. The van der Waals surface area contributed by atoms with Crippen LogP contribution in [0, 0.1) is 0 Å². The third-order valence-corrected chi connectivity index (χ3v) is 2.28. The summed E-state index contributed by atoms with van der Waals surface area (Å²) in [5.41, 5.74) is 1.75. The van der Waals surface area contributed by atoms with Crippen LogP contribution in [0.5, 0.6) is 5.75 Å². The molecule has 0 atom stereocenters. The average Bonchev–Trinajstić information content (AvgIpc) is 2.28. The molecule has 0 saturated heterocycles. The number of carbonyl (C=O) groups excluding carboxylic acids is 1. The largest absolute Gasteiger partial charge is 0.497 e. The summed E-state index contributed by atoms with van der Waals surface area (Å²) in [5, 5.41) is 2.79. The van der Waals surface area contributed by atoms with Crippen LogP contribution < -0.4 is 10.1 Å². The number of nitrogens with one attached hydrogen (secondary N) is 1. The van der Waals surface area contributed by atoms with Gasteiger partial charge in [0.25, 0.3) is 5.91 Å². The normalized spacial score (nSPS) is 9.80. The van der Waals surface area contributed by atoms with Gasteiger partial charge in [0, 0.05) is 12.1 Å². The number of methoxy groups -OCH3 is 1. The number of carbonyl (C=O) groups is 1. The SMILES string of the molecule is CCNC(=O)c1ccc(OC)cc1CC. The van der Waals surface area contributed by atoms with E-state index in [0.29, 0.717) is 6.54 Å². The molecule has 1 aromatic carbocycles. The van der Waals surface area contributed by atoms with Gasteiger partial charge >= 0.3 is 0 Å². The van der Waals surface area contributed by atoms with Crippen LogP contribution in [-0.4, -0.2) is 19.6 Å². The third-order valence-electron chi connectivity index (χ3n) is 2.28. The zero-order valence-electron chi connectivity index (χ0n) is 9.46. The molecule has 1 rings (SSSR count). The molecule has 0 aliphatic rings. The molecule has 0 bridgehead atoms. The third kappa shape index (κ3) is 2.72. The van der Waals surface area contributed by atoms with Crippen LogP contribution in [0.25, 0.3) is 0 Å². The molecule has 15 heavy (non-hydrogen) atoms. The predicted octanol–water partition coefficient (Wildman–Crippen LogP) is 2.01. The maximum atomic E-state index is 11.7. The van der Waals surface area contributed by atoms with E-state index in [0.717, 1.165) is 23.3 Å². The van der Waals surface area contributed by atoms with Crippen LogP contribution in [-0.2, 0) is 6.42 Å². The van der Waals surface area contributed by atoms with Crippen LogP contribution in [0.1, 0.15) is 29.8 Å². The van der Waals surface area contributed by atoms with Crippen LogP contribution in [0.3, 0.4) is 0 Å². The molecule has 0 fully saturated rings. The zero-order chi connectivity index (χ0) is 11.3. The van der Waals surface area contributed by atoms with E-state index in [-0.39, 0.29) is 5.91 Å². The second-order valence-corrected chi connectivity index (χ2v) is 3.24. The second kappa shape index (κ2) is 5.39. The summed E-state index contributed by atoms with van der Waals surface area (Å²) in [6, 6.07) is 5.52. The molecule has 0 radical (unpaired) electrons. The molecule has 0 spiro atoms. The molecule has 1 amide bonds. The van der Waals surface area contributed by atoms with Crippen molar-refractivity contribution in [2.75, 3.05) is 13.7 Å². The molecule has 0 aliphatic heterocycles. The fourth-order valence-corrected chi connectivity index (χ4v) is 1.47. The van der Waals surface area contributed by atoms with E-state index < -0.39 is 0 Å². The van der Waals surface area contributed by atoms with Crippen LogP contribution in [0.15, 0.2) is 18.2 Å². The number of benzene rings is 1. The molecule has 1 aromatic rings. The van der Waals surface area contributed by atoms with Gasteiger partial charge in [0.05, 0.1) is 7.11 Å². The van der Waals surface area contributed by atoms with Gasteiger partial charge in [-0.05, 0) is 37.1 Å². The van der Waals surface area contributed by atoms with Crippen molar-refractivity contribution < 1.29 is 9.53 Å². The van der Waals surface area contributed by atoms with Crippen molar-refractivity contribution in [2.45, 2.75) is 20.3 Å². The lowest BCUT2D eigenvalue weighted by atomic mass is 10.0. The standard InChI is InChI=1S/C12H17NO2/c1-4-9-8-10(15-3)6-7-11(9)12(14)13-5-2/h6-8H,4-5H2,1-3H3,(H,13,14). The van der Waals surface area contributed by atoms with E-state index in [1.807, 2.05) is 32.0 Å². The van der Waals surface area contributed by atoms with E-state index in [1.165, 1.54) is 0 Å². The van der Waals surface area contributed by atoms with E-state index in [2.05, 4.69) is 5.32 Å². The van der Waals surface area contributed by atoms with Gasteiger partial charge in [-0.1, -0.05) is 6.92 Å². The molecular formula is C12H17NO2. The van der Waals surface area contributed by atoms with E-state index in [9.17, 15) is 4.79 Å². The fraction of sp³-hybridized carbons (Fsp3) is 0.417. The summed E-state index contributed by atoms with van der Waals surface area (Å²) in [7, 11) is 1.63. The zero-order valence-corrected chi connectivity index (χ0v) is 9.46. The summed E-state index contributed by atoms with van der Waals surface area (Å²) < 4.78 is 5.12. The fourth-order valence-electron chi connectivity index (χ4n) is 1.47. The summed E-state index contributed by atoms with van der Waals surface area (Å²) in [4.78, 5) is 11.7. The molecule has 0 saturated carbocycles. The van der Waals surface area contributed by atoms with Crippen LogP contribution in [0.4, 0.5) is 0 Å². The molecule has 1 N–H and O–H groups in total. The van der Waals surface area contributed by atoms with Crippen LogP contribution in [0.2, 0.25) is 0 Å². The van der Waals surface area contributed by atoms with Crippen molar-refractivity contribution >= 4 is 5.91 Å². The van der Waals surface area contributed by atoms with Gasteiger partial charge in [-0.15, -0.1) is 0 Å². The lowest BCUT2D eigenvalue weighted by Gasteiger charge is -2.09. The second-order valence-electron chi connectivity index (χ2n) is 3.24. The van der Waals surface area contributed by atoms with Gasteiger partial charge in [0.15, 0.2) is 0 Å². The first-order valence-corrected chi connectivity index (χ1v) is 5.18. The summed E-state index contributed by atoms with van der Waals surface area (Å²) in [5.74, 6) is 0.775. The van der Waals surface area contributed by atoms with Gasteiger partial charge in [-0.2, -0.15) is 0 Å². The number of aryl methyl sites for hydroxylation is 1. The van der Waals surface area contributed by atoms with E-state index in [4.69, 9.17) is 4.74 Å². The van der Waals surface area contributed by atoms with Crippen molar-refractivity contribution in [3.05, 3.63) is 29.3 Å². The first kappa shape index (κ1) is 11.6. The number of hydrogen-bond donors (Lipinski definition) is 1. The Morgan fingerprint density at radius 1 is 1.40 bits per heavy atom. The van der Waals surface area contributed by atoms with Crippen molar-refractivity contribution in [1.82, 2.24) is 5.32 Å². The first-order valence-electron chi connectivity index (χ1n) is 5.18. The Kier molecular flexibility index (Phi) is 4.16. The quantitative estimate of drug-likeness (QED) is 0.820. The molecule has 82 valence electrons. The topological polar surface area (TPSA) is 38.3 Å². The highest BCUT2D eigenvalue weighted by molar-refractivity contribution is 5.95.